The number of nitrogens with zero attached hydrogens (tertiary/aromatic N) is 2. The van der Waals surface area contributed by atoms with E-state index in [1.165, 1.54) is 12.1 Å². The lowest BCUT2D eigenvalue weighted by Gasteiger charge is -2.29. The molecule has 0 amide bonds. The van der Waals surface area contributed by atoms with Gasteiger partial charge in [0.15, 0.2) is 0 Å². The summed E-state index contributed by atoms with van der Waals surface area (Å²) in [6.07, 6.45) is 0. The highest BCUT2D eigenvalue weighted by molar-refractivity contribution is 6.03. The zero-order chi connectivity index (χ0) is 13.2. The van der Waals surface area contributed by atoms with Gasteiger partial charge in [0.1, 0.15) is 18.3 Å². The normalized spacial score (nSPS) is 13.9. The third-order valence-corrected chi connectivity index (χ3v) is 3.20. The molecule has 0 aromatic heterocycles. The maximum absolute atomic E-state index is 13.4. The second-order valence-corrected chi connectivity index (χ2v) is 4.53. The number of hydrogen-bond donors (Lipinski definition) is 1. The van der Waals surface area contributed by atoms with E-state index < -0.39 is 0 Å². The molecule has 4 heteroatoms. The molecule has 1 aliphatic rings. The van der Waals surface area contributed by atoms with Crippen LogP contribution in [0.15, 0.2) is 53.5 Å². The summed E-state index contributed by atoms with van der Waals surface area (Å²) in [4.78, 5) is 6.29. The van der Waals surface area contributed by atoms with Crippen LogP contribution in [0.3, 0.4) is 0 Å². The van der Waals surface area contributed by atoms with Gasteiger partial charge < -0.3 is 10.6 Å². The minimum atomic E-state index is -0.258. The summed E-state index contributed by atoms with van der Waals surface area (Å²) < 4.78 is 13.4. The zero-order valence-corrected chi connectivity index (χ0v) is 10.4. The van der Waals surface area contributed by atoms with Gasteiger partial charge in [0, 0.05) is 12.1 Å². The first-order chi connectivity index (χ1) is 9.24. The lowest BCUT2D eigenvalue weighted by Crippen LogP contribution is -2.32. The largest absolute Gasteiger partial charge is 0.383 e. The second-order valence-electron chi connectivity index (χ2n) is 4.53. The fourth-order valence-electron chi connectivity index (χ4n) is 2.24. The van der Waals surface area contributed by atoms with Crippen molar-refractivity contribution < 1.29 is 4.39 Å². The molecular weight excluding hydrogens is 241 g/mol. The number of nitrogens with two attached hydrogens (primary N) is 1. The fourth-order valence-corrected chi connectivity index (χ4v) is 2.24. The third-order valence-electron chi connectivity index (χ3n) is 3.20. The molecule has 0 bridgehead atoms. The topological polar surface area (TPSA) is 41.6 Å². The van der Waals surface area contributed by atoms with Crippen LogP contribution >= 0.6 is 0 Å². The van der Waals surface area contributed by atoms with Crippen molar-refractivity contribution >= 4 is 11.5 Å². The smallest absolute Gasteiger partial charge is 0.129 e. The highest BCUT2D eigenvalue weighted by Crippen LogP contribution is 2.26. The molecular formula is C15H14FN3. The van der Waals surface area contributed by atoms with E-state index in [1.54, 1.807) is 6.07 Å². The van der Waals surface area contributed by atoms with E-state index in [4.69, 9.17) is 5.73 Å². The number of hydrogen-bond acceptors (Lipinski definition) is 3. The van der Waals surface area contributed by atoms with Gasteiger partial charge in [-0.3, -0.25) is 0 Å². The van der Waals surface area contributed by atoms with Crippen molar-refractivity contribution in [2.24, 2.45) is 10.7 Å². The Balaban J connectivity index is 1.95. The molecule has 0 fully saturated rings. The highest BCUT2D eigenvalue weighted by Gasteiger charge is 2.19. The minimum Gasteiger partial charge on any atom is -0.383 e. The molecule has 1 heterocycles. The van der Waals surface area contributed by atoms with Crippen LogP contribution in [0.4, 0.5) is 10.1 Å². The highest BCUT2D eigenvalue weighted by atomic mass is 19.1. The van der Waals surface area contributed by atoms with Gasteiger partial charge in [0.05, 0.1) is 5.69 Å². The Bertz CT molecular complexity index is 623. The molecule has 2 N–H and O–H groups in total. The van der Waals surface area contributed by atoms with Gasteiger partial charge in [-0.05, 0) is 23.8 Å². The van der Waals surface area contributed by atoms with Crippen LogP contribution in [0, 0.1) is 5.82 Å². The molecule has 0 radical (unpaired) electrons. The van der Waals surface area contributed by atoms with Crippen molar-refractivity contribution in [2.75, 3.05) is 11.6 Å². The molecule has 0 saturated carbocycles. The second kappa shape index (κ2) is 4.72. The quantitative estimate of drug-likeness (QED) is 0.895. The molecule has 1 aliphatic heterocycles. The zero-order valence-electron chi connectivity index (χ0n) is 10.4. The van der Waals surface area contributed by atoms with Crippen molar-refractivity contribution in [1.82, 2.24) is 0 Å². The molecule has 3 nitrogen and oxygen atoms in total. The molecule has 0 atom stereocenters. The van der Waals surface area contributed by atoms with Crippen LogP contribution < -0.4 is 10.6 Å². The molecule has 0 aliphatic carbocycles. The van der Waals surface area contributed by atoms with E-state index in [0.29, 0.717) is 19.0 Å². The van der Waals surface area contributed by atoms with E-state index in [0.717, 1.165) is 16.8 Å². The summed E-state index contributed by atoms with van der Waals surface area (Å²) in [5, 5.41) is 0. The number of benzene rings is 2. The molecule has 19 heavy (non-hydrogen) atoms. The summed E-state index contributed by atoms with van der Waals surface area (Å²) in [7, 11) is 0. The number of anilines is 1. The Labute approximate surface area is 111 Å². The van der Waals surface area contributed by atoms with Gasteiger partial charge in [-0.1, -0.05) is 30.3 Å². The van der Waals surface area contributed by atoms with Crippen LogP contribution in [0.25, 0.3) is 0 Å². The molecule has 0 unspecified atom stereocenters. The van der Waals surface area contributed by atoms with Gasteiger partial charge in [0.2, 0.25) is 0 Å². The summed E-state index contributed by atoms with van der Waals surface area (Å²) in [6.45, 7) is 1.14. The number of fused-ring (bicyclic) bond motifs is 1. The predicted molar refractivity (Wildman–Crippen MR) is 74.6 cm³/mol. The van der Waals surface area contributed by atoms with Gasteiger partial charge in [-0.25, -0.2) is 9.38 Å². The summed E-state index contributed by atoms with van der Waals surface area (Å²) in [6, 6.07) is 14.6. The van der Waals surface area contributed by atoms with Crippen molar-refractivity contribution in [3.63, 3.8) is 0 Å². The van der Waals surface area contributed by atoms with E-state index in [9.17, 15) is 4.39 Å². The summed E-state index contributed by atoms with van der Waals surface area (Å²) in [5.41, 5.74) is 8.61. The van der Waals surface area contributed by atoms with E-state index in [2.05, 4.69) is 4.99 Å². The van der Waals surface area contributed by atoms with Gasteiger partial charge >= 0.3 is 0 Å². The molecule has 2 aromatic carbocycles. The SMILES string of the molecule is NC1=NCN(Cc2ccccc2)c2cc(F)ccc21. The Morgan fingerprint density at radius 1 is 1.16 bits per heavy atom. The van der Waals surface area contributed by atoms with Crippen LogP contribution in [0.2, 0.25) is 0 Å². The van der Waals surface area contributed by atoms with Gasteiger partial charge in [-0.2, -0.15) is 0 Å². The lowest BCUT2D eigenvalue weighted by atomic mass is 10.1. The van der Waals surface area contributed by atoms with Crippen molar-refractivity contribution in [3.8, 4) is 0 Å². The van der Waals surface area contributed by atoms with Crippen LogP contribution in [0.5, 0.6) is 0 Å². The van der Waals surface area contributed by atoms with Crippen LogP contribution in [-0.2, 0) is 6.54 Å². The van der Waals surface area contributed by atoms with E-state index in [-0.39, 0.29) is 5.82 Å². The maximum atomic E-state index is 13.4. The van der Waals surface area contributed by atoms with E-state index >= 15 is 0 Å². The minimum absolute atomic E-state index is 0.258. The first kappa shape index (κ1) is 11.7. The number of halogens is 1. The first-order valence-corrected chi connectivity index (χ1v) is 6.13. The fraction of sp³-hybridized carbons (Fsp3) is 0.133. The monoisotopic (exact) mass is 255 g/mol. The Morgan fingerprint density at radius 3 is 2.74 bits per heavy atom. The van der Waals surface area contributed by atoms with Crippen molar-refractivity contribution in [1.29, 1.82) is 0 Å². The van der Waals surface area contributed by atoms with Crippen molar-refractivity contribution in [2.45, 2.75) is 6.54 Å². The summed E-state index contributed by atoms with van der Waals surface area (Å²) in [5.74, 6) is 0.214. The average molecular weight is 255 g/mol. The Kier molecular flexibility index (Phi) is 2.91. The van der Waals surface area contributed by atoms with Gasteiger partial charge in [-0.15, -0.1) is 0 Å². The number of amidine groups is 1. The number of rotatable bonds is 2. The maximum Gasteiger partial charge on any atom is 0.129 e. The van der Waals surface area contributed by atoms with Crippen molar-refractivity contribution in [3.05, 3.63) is 65.5 Å². The Hall–Kier alpha value is -2.36. The lowest BCUT2D eigenvalue weighted by molar-refractivity contribution is 0.625. The molecule has 2 aromatic rings. The standard InChI is InChI=1S/C15H14FN3/c16-12-6-7-13-14(8-12)19(10-18-15(13)17)9-11-4-2-1-3-5-11/h1-8H,9-10H2,(H2,17,18). The van der Waals surface area contributed by atoms with Crippen LogP contribution in [-0.4, -0.2) is 12.5 Å². The van der Waals surface area contributed by atoms with E-state index in [1.807, 2.05) is 35.2 Å². The number of aliphatic imine (C=N–C) groups is 1. The summed E-state index contributed by atoms with van der Waals surface area (Å²) >= 11 is 0. The molecule has 96 valence electrons. The van der Waals surface area contributed by atoms with Gasteiger partial charge in [0.25, 0.3) is 0 Å². The molecule has 3 rings (SSSR count). The third kappa shape index (κ3) is 2.29. The predicted octanol–water partition coefficient (Wildman–Crippen LogP) is 2.51. The molecule has 0 spiro atoms. The molecule has 0 saturated heterocycles. The van der Waals surface area contributed by atoms with Crippen LogP contribution in [0.1, 0.15) is 11.1 Å². The Morgan fingerprint density at radius 2 is 1.95 bits per heavy atom. The average Bonchev–Trinajstić information content (AvgIpc) is 2.43. The first-order valence-electron chi connectivity index (χ1n) is 6.13.